The third-order valence-corrected chi connectivity index (χ3v) is 4.53. The molecule has 1 aliphatic heterocycles. The van der Waals surface area contributed by atoms with Crippen molar-refractivity contribution >= 4 is 17.5 Å². The summed E-state index contributed by atoms with van der Waals surface area (Å²) in [6.45, 7) is 4.73. The van der Waals surface area contributed by atoms with Crippen molar-refractivity contribution in [3.8, 4) is 5.75 Å². The van der Waals surface area contributed by atoms with Gasteiger partial charge >= 0.3 is 0 Å². The average Bonchev–Trinajstić information content (AvgIpc) is 2.66. The Kier molecular flexibility index (Phi) is 5.56. The topological polar surface area (TPSA) is 67.4 Å². The van der Waals surface area contributed by atoms with E-state index < -0.39 is 0 Å². The predicted octanol–water partition coefficient (Wildman–Crippen LogP) is 3.21. The lowest BCUT2D eigenvalue weighted by Crippen LogP contribution is -2.37. The van der Waals surface area contributed by atoms with E-state index in [-0.39, 0.29) is 17.7 Å². The molecule has 5 heteroatoms. The maximum absolute atomic E-state index is 12.5. The Labute approximate surface area is 153 Å². The van der Waals surface area contributed by atoms with Gasteiger partial charge in [0.1, 0.15) is 12.4 Å². The van der Waals surface area contributed by atoms with Crippen molar-refractivity contribution in [2.75, 3.05) is 11.9 Å². The van der Waals surface area contributed by atoms with Crippen LogP contribution < -0.4 is 15.4 Å². The predicted molar refractivity (Wildman–Crippen MR) is 101 cm³/mol. The third kappa shape index (κ3) is 4.42. The lowest BCUT2D eigenvalue weighted by Gasteiger charge is -2.25. The molecule has 0 saturated heterocycles. The molecule has 2 aromatic carbocycles. The second kappa shape index (κ2) is 8.04. The minimum absolute atomic E-state index is 0.0146. The normalized spacial score (nSPS) is 15.5. The van der Waals surface area contributed by atoms with Crippen LogP contribution in [0.4, 0.5) is 5.69 Å². The van der Waals surface area contributed by atoms with E-state index in [9.17, 15) is 9.59 Å². The number of benzene rings is 2. The summed E-state index contributed by atoms with van der Waals surface area (Å²) in [4.78, 5) is 24.1. The molecule has 0 bridgehead atoms. The largest absolute Gasteiger partial charge is 0.492 e. The molecule has 2 aromatic rings. The Hall–Kier alpha value is -2.82. The molecule has 0 fully saturated rings. The Morgan fingerprint density at radius 3 is 2.65 bits per heavy atom. The molecule has 0 radical (unpaired) electrons. The summed E-state index contributed by atoms with van der Waals surface area (Å²) in [7, 11) is 0. The van der Waals surface area contributed by atoms with Crippen LogP contribution in [0.1, 0.15) is 30.0 Å². The molecule has 136 valence electrons. The van der Waals surface area contributed by atoms with Gasteiger partial charge in [-0.25, -0.2) is 0 Å². The number of amides is 2. The number of anilines is 1. The molecule has 0 saturated carbocycles. The highest BCUT2D eigenvalue weighted by atomic mass is 16.5. The van der Waals surface area contributed by atoms with E-state index >= 15 is 0 Å². The van der Waals surface area contributed by atoms with Crippen molar-refractivity contribution in [1.82, 2.24) is 5.32 Å². The number of nitrogens with one attached hydrogen (secondary N) is 2. The zero-order valence-corrected chi connectivity index (χ0v) is 15.2. The van der Waals surface area contributed by atoms with Crippen LogP contribution >= 0.6 is 0 Å². The van der Waals surface area contributed by atoms with Crippen molar-refractivity contribution in [2.45, 2.75) is 33.2 Å². The zero-order valence-electron chi connectivity index (χ0n) is 15.2. The van der Waals surface area contributed by atoms with Gasteiger partial charge in [-0.1, -0.05) is 36.8 Å². The maximum atomic E-state index is 12.5. The number of hydrogen-bond donors (Lipinski definition) is 2. The highest BCUT2D eigenvalue weighted by Crippen LogP contribution is 2.30. The molecule has 0 aromatic heterocycles. The first-order valence-electron chi connectivity index (χ1n) is 8.94. The van der Waals surface area contributed by atoms with Gasteiger partial charge in [0.15, 0.2) is 0 Å². The van der Waals surface area contributed by atoms with Gasteiger partial charge in [0.05, 0.1) is 5.92 Å². The number of ether oxygens (including phenoxy) is 1. The third-order valence-electron chi connectivity index (χ3n) is 4.53. The fourth-order valence-corrected chi connectivity index (χ4v) is 2.93. The first-order chi connectivity index (χ1) is 12.5. The molecule has 1 atom stereocenters. The van der Waals surface area contributed by atoms with Crippen molar-refractivity contribution in [1.29, 1.82) is 0 Å². The van der Waals surface area contributed by atoms with Gasteiger partial charge in [0.2, 0.25) is 11.8 Å². The van der Waals surface area contributed by atoms with Crippen molar-refractivity contribution in [3.63, 3.8) is 0 Å². The van der Waals surface area contributed by atoms with Crippen LogP contribution in [-0.4, -0.2) is 18.4 Å². The Bertz CT molecular complexity index is 799. The van der Waals surface area contributed by atoms with Crippen molar-refractivity contribution in [3.05, 3.63) is 59.2 Å². The van der Waals surface area contributed by atoms with Crippen LogP contribution in [0.2, 0.25) is 0 Å². The van der Waals surface area contributed by atoms with E-state index in [0.717, 1.165) is 22.6 Å². The Morgan fingerprint density at radius 1 is 1.15 bits per heavy atom. The van der Waals surface area contributed by atoms with E-state index in [4.69, 9.17) is 4.74 Å². The standard InChI is InChI=1S/C21H24N2O3/c1-3-20(24)23-18-8-9-19-16(11-18)10-17(13-26-19)21(25)22-12-15-6-4-14(2)5-7-15/h4-9,11,17H,3,10,12-13H2,1-2H3,(H,22,25)(H,23,24). The maximum Gasteiger partial charge on any atom is 0.227 e. The molecular weight excluding hydrogens is 328 g/mol. The van der Waals surface area contributed by atoms with Crippen molar-refractivity contribution in [2.24, 2.45) is 5.92 Å². The summed E-state index contributed by atoms with van der Waals surface area (Å²) in [6, 6.07) is 13.7. The number of aryl methyl sites for hydroxylation is 1. The summed E-state index contributed by atoms with van der Waals surface area (Å²) in [5.41, 5.74) is 3.95. The quantitative estimate of drug-likeness (QED) is 0.868. The molecule has 2 amide bonds. The number of carbonyl (C=O) groups is 2. The lowest BCUT2D eigenvalue weighted by atomic mass is 9.95. The number of rotatable bonds is 5. The van der Waals surface area contributed by atoms with Crippen LogP contribution in [-0.2, 0) is 22.6 Å². The van der Waals surface area contributed by atoms with Crippen LogP contribution in [0.5, 0.6) is 5.75 Å². The molecule has 0 aliphatic carbocycles. The van der Waals surface area contributed by atoms with E-state index in [1.54, 1.807) is 0 Å². The highest BCUT2D eigenvalue weighted by Gasteiger charge is 2.26. The lowest BCUT2D eigenvalue weighted by molar-refractivity contribution is -0.126. The minimum atomic E-state index is -0.231. The fraction of sp³-hybridized carbons (Fsp3) is 0.333. The molecule has 5 nitrogen and oxygen atoms in total. The first kappa shape index (κ1) is 18.0. The number of hydrogen-bond acceptors (Lipinski definition) is 3. The number of carbonyl (C=O) groups excluding carboxylic acids is 2. The summed E-state index contributed by atoms with van der Waals surface area (Å²) < 4.78 is 5.74. The smallest absolute Gasteiger partial charge is 0.227 e. The molecule has 0 spiro atoms. The fourth-order valence-electron chi connectivity index (χ4n) is 2.93. The van der Waals surface area contributed by atoms with E-state index in [0.29, 0.717) is 26.0 Å². The van der Waals surface area contributed by atoms with Crippen LogP contribution in [0.15, 0.2) is 42.5 Å². The second-order valence-electron chi connectivity index (χ2n) is 6.64. The van der Waals surface area contributed by atoms with Crippen LogP contribution in [0, 0.1) is 12.8 Å². The summed E-state index contributed by atoms with van der Waals surface area (Å²) >= 11 is 0. The highest BCUT2D eigenvalue weighted by molar-refractivity contribution is 5.90. The van der Waals surface area contributed by atoms with Crippen LogP contribution in [0.3, 0.4) is 0 Å². The Morgan fingerprint density at radius 2 is 1.92 bits per heavy atom. The number of fused-ring (bicyclic) bond motifs is 1. The Balaban J connectivity index is 1.61. The van der Waals surface area contributed by atoms with Gasteiger partial charge in [0.25, 0.3) is 0 Å². The second-order valence-corrected chi connectivity index (χ2v) is 6.64. The van der Waals surface area contributed by atoms with E-state index in [1.165, 1.54) is 5.56 Å². The molecule has 1 unspecified atom stereocenters. The minimum Gasteiger partial charge on any atom is -0.492 e. The molecule has 1 heterocycles. The summed E-state index contributed by atoms with van der Waals surface area (Å²) in [5.74, 6) is 0.500. The van der Waals surface area contributed by atoms with Gasteiger partial charge in [-0.15, -0.1) is 0 Å². The van der Waals surface area contributed by atoms with Gasteiger partial charge in [-0.05, 0) is 42.7 Å². The molecule has 3 rings (SSSR count). The molecule has 2 N–H and O–H groups in total. The first-order valence-corrected chi connectivity index (χ1v) is 8.94. The average molecular weight is 352 g/mol. The van der Waals surface area contributed by atoms with E-state index in [2.05, 4.69) is 10.6 Å². The van der Waals surface area contributed by atoms with Gasteiger partial charge in [-0.3, -0.25) is 9.59 Å². The van der Waals surface area contributed by atoms with E-state index in [1.807, 2.05) is 56.3 Å². The van der Waals surface area contributed by atoms with Gasteiger partial charge in [0, 0.05) is 18.7 Å². The monoisotopic (exact) mass is 352 g/mol. The summed E-state index contributed by atoms with van der Waals surface area (Å²) in [5, 5.41) is 5.83. The van der Waals surface area contributed by atoms with Crippen LogP contribution in [0.25, 0.3) is 0 Å². The van der Waals surface area contributed by atoms with Crippen molar-refractivity contribution < 1.29 is 14.3 Å². The van der Waals surface area contributed by atoms with Gasteiger partial charge < -0.3 is 15.4 Å². The molecular formula is C21H24N2O3. The SMILES string of the molecule is CCC(=O)Nc1ccc2c(c1)CC(C(=O)NCc1ccc(C)cc1)CO2. The molecule has 1 aliphatic rings. The zero-order chi connectivity index (χ0) is 18.5. The molecule has 26 heavy (non-hydrogen) atoms. The van der Waals surface area contributed by atoms with Gasteiger partial charge in [-0.2, -0.15) is 0 Å². The summed E-state index contributed by atoms with van der Waals surface area (Å²) in [6.07, 6.45) is 1.03.